The molecule has 10 heteroatoms. The highest BCUT2D eigenvalue weighted by atomic mass is 19.4. The molecule has 3 aromatic rings. The van der Waals surface area contributed by atoms with Gasteiger partial charge in [-0.1, -0.05) is 0 Å². The van der Waals surface area contributed by atoms with E-state index in [2.05, 4.69) is 20.4 Å². The van der Waals surface area contributed by atoms with E-state index in [1.807, 2.05) is 0 Å². The first-order chi connectivity index (χ1) is 15.2. The molecule has 32 heavy (non-hydrogen) atoms. The lowest BCUT2D eigenvalue weighted by Gasteiger charge is -2.20. The van der Waals surface area contributed by atoms with Crippen molar-refractivity contribution in [1.82, 2.24) is 25.1 Å². The number of carbonyl (C=O) groups is 1. The van der Waals surface area contributed by atoms with E-state index >= 15 is 0 Å². The third-order valence-electron chi connectivity index (χ3n) is 5.38. The van der Waals surface area contributed by atoms with Gasteiger partial charge in [-0.25, -0.2) is 14.4 Å². The molecule has 0 bridgehead atoms. The van der Waals surface area contributed by atoms with E-state index in [1.165, 1.54) is 16.8 Å². The molecule has 1 aromatic carbocycles. The molecular weight excluding hydrogens is 426 g/mol. The Morgan fingerprint density at radius 2 is 1.84 bits per heavy atom. The third kappa shape index (κ3) is 4.63. The number of nitrogens with one attached hydrogen (secondary N) is 1. The van der Waals surface area contributed by atoms with Crippen molar-refractivity contribution in [2.24, 2.45) is 7.05 Å². The highest BCUT2D eigenvalue weighted by Crippen LogP contribution is 2.34. The van der Waals surface area contributed by atoms with Gasteiger partial charge in [-0.3, -0.25) is 9.48 Å². The van der Waals surface area contributed by atoms with E-state index in [9.17, 15) is 22.4 Å². The smallest absolute Gasteiger partial charge is 0.350 e. The Kier molecular flexibility index (Phi) is 5.94. The molecule has 0 atom stereocenters. The van der Waals surface area contributed by atoms with Gasteiger partial charge in [0.2, 0.25) is 0 Å². The molecule has 2 heterocycles. The predicted octanol–water partition coefficient (Wildman–Crippen LogP) is 3.89. The van der Waals surface area contributed by atoms with Gasteiger partial charge in [0.1, 0.15) is 17.3 Å². The second kappa shape index (κ2) is 8.68. The number of rotatable bonds is 5. The second-order valence-electron chi connectivity index (χ2n) is 7.67. The minimum Gasteiger partial charge on any atom is -0.350 e. The molecule has 6 nitrogen and oxygen atoms in total. The zero-order chi connectivity index (χ0) is 22.9. The van der Waals surface area contributed by atoms with Crippen LogP contribution in [0.1, 0.15) is 46.1 Å². The zero-order valence-electron chi connectivity index (χ0n) is 17.3. The number of alkyl halides is 3. The van der Waals surface area contributed by atoms with Crippen LogP contribution in [0.5, 0.6) is 0 Å². The third-order valence-corrected chi connectivity index (χ3v) is 5.38. The van der Waals surface area contributed by atoms with E-state index in [0.29, 0.717) is 36.2 Å². The minimum absolute atomic E-state index is 0.0651. The van der Waals surface area contributed by atoms with Crippen LogP contribution in [0.15, 0.2) is 30.3 Å². The number of aryl methyl sites for hydroxylation is 2. The molecule has 0 radical (unpaired) electrons. The average molecular weight is 447 g/mol. The number of aromatic nitrogens is 4. The first-order valence-corrected chi connectivity index (χ1v) is 10.3. The first-order valence-electron chi connectivity index (χ1n) is 10.3. The highest BCUT2D eigenvalue weighted by Gasteiger charge is 2.37. The summed E-state index contributed by atoms with van der Waals surface area (Å²) in [6.07, 6.45) is -2.13. The molecule has 0 aliphatic heterocycles. The van der Waals surface area contributed by atoms with E-state index in [-0.39, 0.29) is 35.9 Å². The van der Waals surface area contributed by atoms with Crippen molar-refractivity contribution in [3.05, 3.63) is 64.6 Å². The van der Waals surface area contributed by atoms with Gasteiger partial charge in [0.05, 0.1) is 5.69 Å². The quantitative estimate of drug-likeness (QED) is 0.603. The number of fused-ring (bicyclic) bond motifs is 1. The Morgan fingerprint density at radius 3 is 2.56 bits per heavy atom. The lowest BCUT2D eigenvalue weighted by Crippen LogP contribution is -2.28. The molecule has 1 aliphatic carbocycles. The summed E-state index contributed by atoms with van der Waals surface area (Å²) in [5, 5.41) is 6.95. The summed E-state index contributed by atoms with van der Waals surface area (Å²) in [6.45, 7) is 0.0754. The van der Waals surface area contributed by atoms with Crippen molar-refractivity contribution in [3.8, 4) is 11.3 Å². The predicted molar refractivity (Wildman–Crippen MR) is 108 cm³/mol. The van der Waals surface area contributed by atoms with Crippen LogP contribution in [-0.4, -0.2) is 32.2 Å². The van der Waals surface area contributed by atoms with Crippen molar-refractivity contribution < 1.29 is 22.4 Å². The van der Waals surface area contributed by atoms with Crippen molar-refractivity contribution >= 4 is 5.91 Å². The molecule has 2 aromatic heterocycles. The molecule has 4 rings (SSSR count). The van der Waals surface area contributed by atoms with Gasteiger partial charge >= 0.3 is 6.18 Å². The fourth-order valence-corrected chi connectivity index (χ4v) is 3.81. The Bertz CT molecular complexity index is 1140. The maximum absolute atomic E-state index is 13.4. The summed E-state index contributed by atoms with van der Waals surface area (Å²) >= 11 is 0. The number of hydrogen-bond acceptors (Lipinski definition) is 4. The fourth-order valence-electron chi connectivity index (χ4n) is 3.81. The van der Waals surface area contributed by atoms with E-state index in [4.69, 9.17) is 0 Å². The van der Waals surface area contributed by atoms with Crippen LogP contribution in [0.4, 0.5) is 17.6 Å². The average Bonchev–Trinajstić information content (AvgIpc) is 3.14. The number of halogens is 4. The lowest BCUT2D eigenvalue weighted by atomic mass is 9.94. The molecule has 0 saturated heterocycles. The van der Waals surface area contributed by atoms with Gasteiger partial charge < -0.3 is 5.32 Å². The molecule has 0 saturated carbocycles. The van der Waals surface area contributed by atoms with E-state index in [1.54, 1.807) is 25.2 Å². The summed E-state index contributed by atoms with van der Waals surface area (Å²) < 4.78 is 54.8. The summed E-state index contributed by atoms with van der Waals surface area (Å²) in [5.74, 6) is -0.738. The molecule has 0 spiro atoms. The van der Waals surface area contributed by atoms with Crippen LogP contribution in [0.2, 0.25) is 0 Å². The first kappa shape index (κ1) is 21.9. The summed E-state index contributed by atoms with van der Waals surface area (Å²) in [4.78, 5) is 20.6. The van der Waals surface area contributed by atoms with Crippen LogP contribution in [0, 0.1) is 5.82 Å². The van der Waals surface area contributed by atoms with Crippen LogP contribution >= 0.6 is 0 Å². The molecule has 168 valence electrons. The zero-order valence-corrected chi connectivity index (χ0v) is 17.3. The van der Waals surface area contributed by atoms with Crippen LogP contribution < -0.4 is 5.32 Å². The van der Waals surface area contributed by atoms with Crippen LogP contribution in [0.3, 0.4) is 0 Å². The molecule has 0 fully saturated rings. The Hall–Kier alpha value is -3.30. The molecular formula is C22H21F4N5O. The van der Waals surface area contributed by atoms with Crippen molar-refractivity contribution in [1.29, 1.82) is 0 Å². The van der Waals surface area contributed by atoms with Gasteiger partial charge in [-0.05, 0) is 56.0 Å². The van der Waals surface area contributed by atoms with Gasteiger partial charge in [-0.15, -0.1) is 0 Å². The Morgan fingerprint density at radius 1 is 1.12 bits per heavy atom. The topological polar surface area (TPSA) is 72.7 Å². The Balaban J connectivity index is 1.45. The number of benzene rings is 1. The van der Waals surface area contributed by atoms with E-state index < -0.39 is 17.8 Å². The van der Waals surface area contributed by atoms with Gasteiger partial charge in [0, 0.05) is 36.8 Å². The number of carbonyl (C=O) groups excluding carboxylic acids is 1. The molecule has 1 N–H and O–H groups in total. The van der Waals surface area contributed by atoms with Crippen LogP contribution in [-0.2, 0) is 32.5 Å². The minimum atomic E-state index is -4.53. The van der Waals surface area contributed by atoms with E-state index in [0.717, 1.165) is 6.42 Å². The van der Waals surface area contributed by atoms with Crippen molar-refractivity contribution in [3.63, 3.8) is 0 Å². The number of amides is 1. The second-order valence-corrected chi connectivity index (χ2v) is 7.67. The monoisotopic (exact) mass is 447 g/mol. The summed E-state index contributed by atoms with van der Waals surface area (Å²) in [6, 6.07) is 7.30. The van der Waals surface area contributed by atoms with Gasteiger partial charge in [0.15, 0.2) is 5.69 Å². The maximum Gasteiger partial charge on any atom is 0.433 e. The summed E-state index contributed by atoms with van der Waals surface area (Å²) in [7, 11) is 1.60. The van der Waals surface area contributed by atoms with Crippen LogP contribution in [0.25, 0.3) is 11.3 Å². The molecule has 1 aliphatic rings. The molecule has 1 amide bonds. The lowest BCUT2D eigenvalue weighted by molar-refractivity contribution is -0.142. The number of nitrogens with zero attached hydrogens (tertiary/aromatic N) is 4. The normalized spacial score (nSPS) is 13.7. The highest BCUT2D eigenvalue weighted by molar-refractivity contribution is 5.93. The fraction of sp³-hybridized carbons (Fsp3) is 0.364. The number of hydrogen-bond donors (Lipinski definition) is 1. The van der Waals surface area contributed by atoms with Crippen molar-refractivity contribution in [2.75, 3.05) is 6.54 Å². The Labute approximate surface area is 181 Å². The van der Waals surface area contributed by atoms with Crippen molar-refractivity contribution in [2.45, 2.75) is 38.3 Å². The van der Waals surface area contributed by atoms with Gasteiger partial charge in [-0.2, -0.15) is 18.3 Å². The maximum atomic E-state index is 13.4. The standard InChI is InChI=1S/C22H21F4N5O/c1-31-18(12-17(30-31)13-6-8-14(23)9-7-13)21(32)27-11-10-19-28-16-5-3-2-4-15(16)20(29-19)22(24,25)26/h6-9,12H,2-5,10-11H2,1H3,(H,27,32). The molecule has 0 unspecified atom stereocenters. The summed E-state index contributed by atoms with van der Waals surface area (Å²) in [5.41, 5.74) is 1.22. The largest absolute Gasteiger partial charge is 0.433 e. The van der Waals surface area contributed by atoms with Gasteiger partial charge in [0.25, 0.3) is 5.91 Å². The SMILES string of the molecule is Cn1nc(-c2ccc(F)cc2)cc1C(=O)NCCc1nc2c(c(C(F)(F)F)n1)CCCC2.